The minimum absolute atomic E-state index is 0.0379. The molecule has 36 heavy (non-hydrogen) atoms. The Morgan fingerprint density at radius 3 is 2.78 bits per heavy atom. The number of amides is 2. The summed E-state index contributed by atoms with van der Waals surface area (Å²) in [6.07, 6.45) is 3.66. The van der Waals surface area contributed by atoms with Crippen LogP contribution in [0.1, 0.15) is 50.2 Å². The van der Waals surface area contributed by atoms with Crippen LogP contribution in [-0.4, -0.2) is 74.9 Å². The first-order valence-corrected chi connectivity index (χ1v) is 12.0. The number of carbonyl (C=O) groups excluding carboxylic acids is 2. The van der Waals surface area contributed by atoms with Crippen LogP contribution in [0.2, 0.25) is 0 Å². The van der Waals surface area contributed by atoms with Crippen LogP contribution in [0.5, 0.6) is 5.88 Å². The van der Waals surface area contributed by atoms with Crippen LogP contribution >= 0.6 is 0 Å². The highest BCUT2D eigenvalue weighted by Gasteiger charge is 2.32. The van der Waals surface area contributed by atoms with Crippen molar-refractivity contribution in [1.82, 2.24) is 24.5 Å². The Labute approximate surface area is 210 Å². The predicted molar refractivity (Wildman–Crippen MR) is 136 cm³/mol. The second-order valence-corrected chi connectivity index (χ2v) is 9.83. The second-order valence-electron chi connectivity index (χ2n) is 9.83. The van der Waals surface area contributed by atoms with E-state index in [4.69, 9.17) is 9.47 Å². The molecule has 1 atom stereocenters. The number of rotatable bonds is 6. The molecule has 0 spiro atoms. The zero-order valence-corrected chi connectivity index (χ0v) is 21.6. The molecule has 0 aromatic carbocycles. The van der Waals surface area contributed by atoms with E-state index < -0.39 is 5.60 Å². The molecular weight excluding hydrogens is 462 g/mol. The number of anilines is 2. The van der Waals surface area contributed by atoms with Crippen LogP contribution in [0.25, 0.3) is 5.52 Å². The summed E-state index contributed by atoms with van der Waals surface area (Å²) in [4.78, 5) is 38.1. The topological polar surface area (TPSA) is 114 Å². The maximum atomic E-state index is 13.0. The van der Waals surface area contributed by atoms with Gasteiger partial charge in [0.15, 0.2) is 0 Å². The van der Waals surface area contributed by atoms with E-state index in [-0.39, 0.29) is 29.5 Å². The number of nitrogens with zero attached hydrogens (tertiary/aromatic N) is 6. The van der Waals surface area contributed by atoms with Gasteiger partial charge in [0.25, 0.3) is 5.91 Å². The van der Waals surface area contributed by atoms with Gasteiger partial charge in [0.1, 0.15) is 11.2 Å². The van der Waals surface area contributed by atoms with E-state index in [1.54, 1.807) is 28.7 Å². The van der Waals surface area contributed by atoms with E-state index in [1.165, 1.54) is 6.20 Å². The molecule has 11 heteroatoms. The predicted octanol–water partition coefficient (Wildman–Crippen LogP) is 3.53. The van der Waals surface area contributed by atoms with E-state index in [0.29, 0.717) is 31.3 Å². The third-order valence-electron chi connectivity index (χ3n) is 5.79. The molecule has 1 aliphatic rings. The maximum absolute atomic E-state index is 13.0. The smallest absolute Gasteiger partial charge is 0.410 e. The fourth-order valence-corrected chi connectivity index (χ4v) is 4.03. The zero-order chi connectivity index (χ0) is 26.0. The summed E-state index contributed by atoms with van der Waals surface area (Å²) in [5.74, 6) is 0.297. The summed E-state index contributed by atoms with van der Waals surface area (Å²) in [5.41, 5.74) is 2.08. The fourth-order valence-electron chi connectivity index (χ4n) is 4.03. The third kappa shape index (κ3) is 5.67. The van der Waals surface area contributed by atoms with E-state index in [2.05, 4.69) is 20.4 Å². The largest absolute Gasteiger partial charge is 0.477 e. The molecule has 1 saturated heterocycles. The average Bonchev–Trinajstić information content (AvgIpc) is 3.43. The number of hydrogen-bond donors (Lipinski definition) is 1. The fraction of sp³-hybridized carbons (Fsp3) is 0.480. The van der Waals surface area contributed by atoms with Crippen molar-refractivity contribution >= 4 is 29.2 Å². The lowest BCUT2D eigenvalue weighted by Gasteiger charge is -2.28. The second kappa shape index (κ2) is 10.00. The Morgan fingerprint density at radius 1 is 1.28 bits per heavy atom. The quantitative estimate of drug-likeness (QED) is 0.552. The summed E-state index contributed by atoms with van der Waals surface area (Å²) < 4.78 is 12.9. The van der Waals surface area contributed by atoms with Crippen molar-refractivity contribution in [3.8, 4) is 5.88 Å². The highest BCUT2D eigenvalue weighted by molar-refractivity contribution is 6.05. The minimum atomic E-state index is -0.556. The van der Waals surface area contributed by atoms with Crippen molar-refractivity contribution in [1.29, 1.82) is 0 Å². The number of pyridine rings is 1. The molecule has 1 aliphatic heterocycles. The molecular formula is C25H33N7O4. The maximum Gasteiger partial charge on any atom is 0.410 e. The molecule has 3 aromatic heterocycles. The minimum Gasteiger partial charge on any atom is -0.477 e. The Morgan fingerprint density at radius 2 is 2.06 bits per heavy atom. The zero-order valence-electron chi connectivity index (χ0n) is 21.6. The van der Waals surface area contributed by atoms with Crippen LogP contribution in [0.3, 0.4) is 0 Å². The number of ether oxygens (including phenoxy) is 2. The lowest BCUT2D eigenvalue weighted by atomic mass is 10.2. The SMILES string of the molecule is CCOc1nc(N2CC[C@H](N(C)C(=O)OC(C)(C)C)C2)ncc1C(=O)Nc1ccn2nc(C)cc2c1. The van der Waals surface area contributed by atoms with Gasteiger partial charge >= 0.3 is 6.09 Å². The first-order valence-electron chi connectivity index (χ1n) is 12.0. The molecule has 0 radical (unpaired) electrons. The number of aryl methyl sites for hydroxylation is 1. The molecule has 4 heterocycles. The number of hydrogen-bond acceptors (Lipinski definition) is 8. The first kappa shape index (κ1) is 25.2. The van der Waals surface area contributed by atoms with Gasteiger partial charge in [0.05, 0.1) is 23.9 Å². The van der Waals surface area contributed by atoms with Crippen LogP contribution in [-0.2, 0) is 4.74 Å². The van der Waals surface area contributed by atoms with Crippen molar-refractivity contribution < 1.29 is 19.1 Å². The summed E-state index contributed by atoms with van der Waals surface area (Å²) in [7, 11) is 1.74. The third-order valence-corrected chi connectivity index (χ3v) is 5.79. The Kier molecular flexibility index (Phi) is 7.00. The van der Waals surface area contributed by atoms with Gasteiger partial charge in [-0.25, -0.2) is 14.3 Å². The van der Waals surface area contributed by atoms with E-state index >= 15 is 0 Å². The number of nitrogens with one attached hydrogen (secondary N) is 1. The highest BCUT2D eigenvalue weighted by Crippen LogP contribution is 2.25. The lowest BCUT2D eigenvalue weighted by Crippen LogP contribution is -2.42. The van der Waals surface area contributed by atoms with Crippen molar-refractivity contribution in [2.75, 3.05) is 37.0 Å². The first-order chi connectivity index (χ1) is 17.0. The molecule has 2 amide bonds. The molecule has 0 aliphatic carbocycles. The number of fused-ring (bicyclic) bond motifs is 1. The van der Waals surface area contributed by atoms with Gasteiger partial charge in [-0.05, 0) is 59.2 Å². The molecule has 0 unspecified atom stereocenters. The summed E-state index contributed by atoms with van der Waals surface area (Å²) >= 11 is 0. The van der Waals surface area contributed by atoms with E-state index in [9.17, 15) is 9.59 Å². The Balaban J connectivity index is 1.47. The van der Waals surface area contributed by atoms with Crippen LogP contribution in [0.4, 0.5) is 16.4 Å². The Hall–Kier alpha value is -3.89. The van der Waals surface area contributed by atoms with E-state index in [0.717, 1.165) is 17.6 Å². The molecule has 1 N–H and O–H groups in total. The normalized spacial score (nSPS) is 15.7. The molecule has 1 fully saturated rings. The molecule has 3 aromatic rings. The number of carbonyl (C=O) groups is 2. The Bertz CT molecular complexity index is 1270. The van der Waals surface area contributed by atoms with Gasteiger partial charge in [0, 0.05) is 38.2 Å². The summed E-state index contributed by atoms with van der Waals surface area (Å²) in [6, 6.07) is 5.52. The van der Waals surface area contributed by atoms with Gasteiger partial charge in [0.2, 0.25) is 11.8 Å². The molecule has 0 saturated carbocycles. The van der Waals surface area contributed by atoms with Crippen LogP contribution < -0.4 is 15.0 Å². The lowest BCUT2D eigenvalue weighted by molar-refractivity contribution is 0.0237. The average molecular weight is 496 g/mol. The van der Waals surface area contributed by atoms with Gasteiger partial charge in [-0.3, -0.25) is 4.79 Å². The standard InChI is InChI=1S/C25H33N7O4/c1-7-35-22-20(21(33)27-17-8-11-32-19(13-17)12-16(2)29-32)14-26-23(28-22)31-10-9-18(15-31)30(6)24(34)36-25(3,4)5/h8,11-14,18H,7,9-10,15H2,1-6H3,(H,27,33)/t18-/m0/s1. The van der Waals surface area contributed by atoms with Crippen molar-refractivity contribution in [3.63, 3.8) is 0 Å². The van der Waals surface area contributed by atoms with Crippen molar-refractivity contribution in [3.05, 3.63) is 41.9 Å². The van der Waals surface area contributed by atoms with Crippen LogP contribution in [0, 0.1) is 6.92 Å². The van der Waals surface area contributed by atoms with Crippen molar-refractivity contribution in [2.24, 2.45) is 0 Å². The van der Waals surface area contributed by atoms with Gasteiger partial charge in [-0.2, -0.15) is 10.1 Å². The molecule has 192 valence electrons. The van der Waals surface area contributed by atoms with Gasteiger partial charge in [-0.15, -0.1) is 0 Å². The molecule has 4 rings (SSSR count). The molecule has 0 bridgehead atoms. The summed E-state index contributed by atoms with van der Waals surface area (Å²) in [5, 5.41) is 7.24. The monoisotopic (exact) mass is 495 g/mol. The van der Waals surface area contributed by atoms with E-state index in [1.807, 2.05) is 51.7 Å². The van der Waals surface area contributed by atoms with Crippen molar-refractivity contribution in [2.45, 2.75) is 52.7 Å². The van der Waals surface area contributed by atoms with Gasteiger partial charge in [-0.1, -0.05) is 0 Å². The van der Waals surface area contributed by atoms with Gasteiger partial charge < -0.3 is 24.6 Å². The number of likely N-dealkylation sites (N-methyl/N-ethyl adjacent to an activating group) is 1. The molecule has 11 nitrogen and oxygen atoms in total. The summed E-state index contributed by atoms with van der Waals surface area (Å²) in [6.45, 7) is 10.9. The number of aromatic nitrogens is 4. The van der Waals surface area contributed by atoms with Crippen LogP contribution in [0.15, 0.2) is 30.6 Å². The highest BCUT2D eigenvalue weighted by atomic mass is 16.6.